The molecule has 0 atom stereocenters. The fourth-order valence-electron chi connectivity index (χ4n) is 1.74. The van der Waals surface area contributed by atoms with Crippen LogP contribution in [0.4, 0.5) is 4.39 Å². The molecule has 2 heteroatoms. The molecule has 0 saturated heterocycles. The summed E-state index contributed by atoms with van der Waals surface area (Å²) in [6, 6.07) is 12.9. The van der Waals surface area contributed by atoms with E-state index in [1.165, 1.54) is 6.07 Å². The van der Waals surface area contributed by atoms with E-state index >= 15 is 0 Å². The van der Waals surface area contributed by atoms with Gasteiger partial charge in [-0.25, -0.2) is 4.39 Å². The fourth-order valence-corrected chi connectivity index (χ4v) is 1.74. The van der Waals surface area contributed by atoms with E-state index in [1.54, 1.807) is 6.07 Å². The molecule has 0 fully saturated rings. The number of benzene rings is 2. The van der Waals surface area contributed by atoms with Crippen LogP contribution in [0.5, 0.6) is 0 Å². The molecule has 0 aliphatic heterocycles. The largest absolute Gasteiger partial charge is 0.326 e. The first-order valence-corrected chi connectivity index (χ1v) is 5.25. The molecule has 0 spiro atoms. The highest BCUT2D eigenvalue weighted by atomic mass is 19.1. The number of nitrogens with two attached hydrogens (primary N) is 1. The van der Waals surface area contributed by atoms with E-state index in [0.29, 0.717) is 6.54 Å². The number of aryl methyl sites for hydroxylation is 1. The summed E-state index contributed by atoms with van der Waals surface area (Å²) in [7, 11) is 0. The summed E-state index contributed by atoms with van der Waals surface area (Å²) in [4.78, 5) is 0. The van der Waals surface area contributed by atoms with Crippen molar-refractivity contribution in [1.29, 1.82) is 0 Å². The zero-order valence-electron chi connectivity index (χ0n) is 9.20. The minimum atomic E-state index is -0.196. The highest BCUT2D eigenvalue weighted by Crippen LogP contribution is 2.22. The van der Waals surface area contributed by atoms with Gasteiger partial charge >= 0.3 is 0 Å². The zero-order chi connectivity index (χ0) is 11.5. The normalized spacial score (nSPS) is 10.4. The monoisotopic (exact) mass is 215 g/mol. The van der Waals surface area contributed by atoms with Crippen LogP contribution >= 0.6 is 0 Å². The number of halogens is 1. The molecule has 1 nitrogen and oxygen atoms in total. The van der Waals surface area contributed by atoms with Crippen LogP contribution in [-0.2, 0) is 6.54 Å². The van der Waals surface area contributed by atoms with Crippen LogP contribution in [0.25, 0.3) is 11.1 Å². The minimum Gasteiger partial charge on any atom is -0.326 e. The van der Waals surface area contributed by atoms with E-state index in [4.69, 9.17) is 5.73 Å². The van der Waals surface area contributed by atoms with Gasteiger partial charge in [-0.1, -0.05) is 30.3 Å². The van der Waals surface area contributed by atoms with Crippen LogP contribution < -0.4 is 5.73 Å². The van der Waals surface area contributed by atoms with E-state index in [2.05, 4.69) is 0 Å². The molecule has 2 aromatic rings. The Morgan fingerprint density at radius 1 is 1.00 bits per heavy atom. The maximum absolute atomic E-state index is 13.2. The van der Waals surface area contributed by atoms with Gasteiger partial charge in [0.1, 0.15) is 5.82 Å². The Balaban J connectivity index is 2.42. The molecule has 0 bridgehead atoms. The summed E-state index contributed by atoms with van der Waals surface area (Å²) >= 11 is 0. The minimum absolute atomic E-state index is 0.196. The average molecular weight is 215 g/mol. The van der Waals surface area contributed by atoms with E-state index < -0.39 is 0 Å². The van der Waals surface area contributed by atoms with Crippen molar-refractivity contribution >= 4 is 0 Å². The molecule has 2 N–H and O–H groups in total. The van der Waals surface area contributed by atoms with Gasteiger partial charge < -0.3 is 5.73 Å². The lowest BCUT2D eigenvalue weighted by atomic mass is 10.0. The van der Waals surface area contributed by atoms with Crippen molar-refractivity contribution in [3.8, 4) is 11.1 Å². The third kappa shape index (κ3) is 2.28. The molecule has 16 heavy (non-hydrogen) atoms. The first-order chi connectivity index (χ1) is 7.69. The summed E-state index contributed by atoms with van der Waals surface area (Å²) in [5, 5.41) is 0. The molecule has 2 aromatic carbocycles. The lowest BCUT2D eigenvalue weighted by Crippen LogP contribution is -1.95. The maximum Gasteiger partial charge on any atom is 0.124 e. The summed E-state index contributed by atoms with van der Waals surface area (Å²) in [6.45, 7) is 2.42. The zero-order valence-corrected chi connectivity index (χ0v) is 9.20. The predicted octanol–water partition coefficient (Wildman–Crippen LogP) is 3.26. The molecule has 0 aliphatic carbocycles. The highest BCUT2D eigenvalue weighted by molar-refractivity contribution is 5.64. The highest BCUT2D eigenvalue weighted by Gasteiger charge is 2.01. The van der Waals surface area contributed by atoms with Crippen molar-refractivity contribution in [1.82, 2.24) is 0 Å². The molecule has 0 aromatic heterocycles. The molecular formula is C14H14FN. The van der Waals surface area contributed by atoms with Gasteiger partial charge in [-0.05, 0) is 41.3 Å². The van der Waals surface area contributed by atoms with Crippen molar-refractivity contribution in [2.24, 2.45) is 5.73 Å². The molecule has 0 heterocycles. The Bertz CT molecular complexity index is 468. The number of hydrogen-bond acceptors (Lipinski definition) is 1. The molecular weight excluding hydrogens is 201 g/mol. The van der Waals surface area contributed by atoms with Crippen LogP contribution in [0, 0.1) is 12.7 Å². The van der Waals surface area contributed by atoms with E-state index in [9.17, 15) is 4.39 Å². The molecule has 0 aliphatic rings. The smallest absolute Gasteiger partial charge is 0.124 e. The van der Waals surface area contributed by atoms with Gasteiger partial charge in [-0.2, -0.15) is 0 Å². The van der Waals surface area contributed by atoms with Gasteiger partial charge in [0.05, 0.1) is 0 Å². The molecule has 0 unspecified atom stereocenters. The van der Waals surface area contributed by atoms with Crippen molar-refractivity contribution in [3.05, 3.63) is 59.4 Å². The second-order valence-electron chi connectivity index (χ2n) is 3.92. The van der Waals surface area contributed by atoms with Crippen LogP contribution in [0.15, 0.2) is 42.5 Å². The van der Waals surface area contributed by atoms with Gasteiger partial charge in [-0.15, -0.1) is 0 Å². The third-order valence-corrected chi connectivity index (χ3v) is 2.57. The SMILES string of the molecule is Cc1cc(F)cc(-c2ccc(CN)cc2)c1. The molecule has 0 amide bonds. The summed E-state index contributed by atoms with van der Waals surface area (Å²) in [6.07, 6.45) is 0. The molecule has 2 rings (SSSR count). The fraction of sp³-hybridized carbons (Fsp3) is 0.143. The summed E-state index contributed by atoms with van der Waals surface area (Å²) in [5.74, 6) is -0.196. The van der Waals surface area contributed by atoms with E-state index in [0.717, 1.165) is 22.3 Å². The Morgan fingerprint density at radius 2 is 1.69 bits per heavy atom. The maximum atomic E-state index is 13.2. The number of rotatable bonds is 2. The molecule has 0 radical (unpaired) electrons. The van der Waals surface area contributed by atoms with Crippen LogP contribution in [0.1, 0.15) is 11.1 Å². The third-order valence-electron chi connectivity index (χ3n) is 2.57. The van der Waals surface area contributed by atoms with Crippen LogP contribution in [0.2, 0.25) is 0 Å². The first kappa shape index (κ1) is 10.8. The predicted molar refractivity (Wildman–Crippen MR) is 64.5 cm³/mol. The van der Waals surface area contributed by atoms with Gasteiger partial charge in [0.2, 0.25) is 0 Å². The standard InChI is InChI=1S/C14H14FN/c1-10-6-13(8-14(15)7-10)12-4-2-11(9-16)3-5-12/h2-8H,9,16H2,1H3. The molecule has 0 saturated carbocycles. The van der Waals surface area contributed by atoms with Crippen molar-refractivity contribution < 1.29 is 4.39 Å². The van der Waals surface area contributed by atoms with Crippen LogP contribution in [-0.4, -0.2) is 0 Å². The van der Waals surface area contributed by atoms with Gasteiger partial charge in [-0.3, -0.25) is 0 Å². The van der Waals surface area contributed by atoms with Crippen molar-refractivity contribution in [3.63, 3.8) is 0 Å². The topological polar surface area (TPSA) is 26.0 Å². The van der Waals surface area contributed by atoms with Crippen molar-refractivity contribution in [2.45, 2.75) is 13.5 Å². The van der Waals surface area contributed by atoms with Crippen molar-refractivity contribution in [2.75, 3.05) is 0 Å². The summed E-state index contributed by atoms with van der Waals surface area (Å²) in [5.41, 5.74) is 9.45. The second-order valence-corrected chi connectivity index (χ2v) is 3.92. The quantitative estimate of drug-likeness (QED) is 0.817. The Labute approximate surface area is 94.7 Å². The Hall–Kier alpha value is -1.67. The average Bonchev–Trinajstić information content (AvgIpc) is 2.28. The van der Waals surface area contributed by atoms with Crippen LogP contribution in [0.3, 0.4) is 0 Å². The molecule has 82 valence electrons. The first-order valence-electron chi connectivity index (χ1n) is 5.25. The lowest BCUT2D eigenvalue weighted by molar-refractivity contribution is 0.627. The van der Waals surface area contributed by atoms with Gasteiger partial charge in [0.25, 0.3) is 0 Å². The van der Waals surface area contributed by atoms with Gasteiger partial charge in [0.15, 0.2) is 0 Å². The van der Waals surface area contributed by atoms with E-state index in [-0.39, 0.29) is 5.82 Å². The summed E-state index contributed by atoms with van der Waals surface area (Å²) < 4.78 is 13.2. The lowest BCUT2D eigenvalue weighted by Gasteiger charge is -2.04. The van der Waals surface area contributed by atoms with Gasteiger partial charge in [0, 0.05) is 6.54 Å². The Morgan fingerprint density at radius 3 is 2.25 bits per heavy atom. The second kappa shape index (κ2) is 4.45. The Kier molecular flexibility index (Phi) is 3.02. The van der Waals surface area contributed by atoms with E-state index in [1.807, 2.05) is 37.3 Å². The number of hydrogen-bond donors (Lipinski definition) is 1.